The molecular weight excluding hydrogens is 432 g/mol. The van der Waals surface area contributed by atoms with Crippen molar-refractivity contribution in [1.29, 1.82) is 0 Å². The fourth-order valence-electron chi connectivity index (χ4n) is 2.94. The molecular formula is C24H23ClN2O3S. The molecule has 0 aromatic heterocycles. The zero-order valence-electron chi connectivity index (χ0n) is 17.3. The number of hydrogen-bond donors (Lipinski definition) is 1. The van der Waals surface area contributed by atoms with Crippen LogP contribution in [0, 0.1) is 0 Å². The number of hydrogen-bond acceptors (Lipinski definition) is 4. The zero-order chi connectivity index (χ0) is 22.2. The number of nitrogens with zero attached hydrogens (tertiary/aromatic N) is 1. The third-order valence-corrected chi connectivity index (χ3v) is 5.58. The van der Waals surface area contributed by atoms with Crippen LogP contribution < -0.4 is 10.1 Å². The summed E-state index contributed by atoms with van der Waals surface area (Å²) in [5.41, 5.74) is 2.07. The van der Waals surface area contributed by atoms with Crippen molar-refractivity contribution in [1.82, 2.24) is 4.90 Å². The van der Waals surface area contributed by atoms with E-state index in [0.29, 0.717) is 22.9 Å². The second-order valence-electron chi connectivity index (χ2n) is 6.82. The number of anilines is 1. The molecule has 0 bridgehead atoms. The Kier molecular flexibility index (Phi) is 7.98. The number of rotatable bonds is 8. The van der Waals surface area contributed by atoms with Crippen LogP contribution in [0.15, 0.2) is 77.7 Å². The summed E-state index contributed by atoms with van der Waals surface area (Å²) >= 11 is 7.46. The predicted molar refractivity (Wildman–Crippen MR) is 126 cm³/mol. The van der Waals surface area contributed by atoms with Crippen molar-refractivity contribution in [3.63, 3.8) is 0 Å². The first-order valence-corrected chi connectivity index (χ1v) is 11.2. The molecule has 0 aliphatic heterocycles. The zero-order valence-corrected chi connectivity index (χ0v) is 18.9. The van der Waals surface area contributed by atoms with Gasteiger partial charge in [-0.2, -0.15) is 0 Å². The molecule has 5 nitrogen and oxygen atoms in total. The maximum atomic E-state index is 13.0. The number of likely N-dealkylation sites (N-methyl/N-ethyl adjacent to an activating group) is 1. The van der Waals surface area contributed by atoms with Crippen LogP contribution in [0.2, 0.25) is 5.02 Å². The third kappa shape index (κ3) is 6.26. The van der Waals surface area contributed by atoms with Gasteiger partial charge in [-0.25, -0.2) is 0 Å². The average Bonchev–Trinajstić information content (AvgIpc) is 2.78. The van der Waals surface area contributed by atoms with Gasteiger partial charge >= 0.3 is 0 Å². The number of benzene rings is 3. The molecule has 3 aromatic carbocycles. The van der Waals surface area contributed by atoms with Crippen LogP contribution in [0.3, 0.4) is 0 Å². The van der Waals surface area contributed by atoms with Crippen molar-refractivity contribution < 1.29 is 14.3 Å². The fourth-order valence-corrected chi connectivity index (χ4v) is 3.62. The van der Waals surface area contributed by atoms with E-state index < -0.39 is 0 Å². The molecule has 0 aliphatic carbocycles. The first kappa shape index (κ1) is 22.7. The normalized spacial score (nSPS) is 10.4. The maximum Gasteiger partial charge on any atom is 0.257 e. The van der Waals surface area contributed by atoms with E-state index in [9.17, 15) is 9.59 Å². The number of ether oxygens (including phenoxy) is 1. The summed E-state index contributed by atoms with van der Waals surface area (Å²) in [6.07, 6.45) is 1.95. The highest BCUT2D eigenvalue weighted by Gasteiger charge is 2.19. The van der Waals surface area contributed by atoms with E-state index in [0.717, 1.165) is 16.1 Å². The van der Waals surface area contributed by atoms with E-state index in [1.165, 1.54) is 4.90 Å². The van der Waals surface area contributed by atoms with E-state index >= 15 is 0 Å². The first-order chi connectivity index (χ1) is 15.0. The molecule has 2 amide bonds. The molecule has 3 aromatic rings. The van der Waals surface area contributed by atoms with E-state index in [1.54, 1.807) is 55.2 Å². The minimum atomic E-state index is -0.292. The van der Waals surface area contributed by atoms with Crippen LogP contribution >= 0.6 is 23.4 Å². The van der Waals surface area contributed by atoms with Gasteiger partial charge in [-0.3, -0.25) is 9.59 Å². The highest BCUT2D eigenvalue weighted by molar-refractivity contribution is 7.98. The van der Waals surface area contributed by atoms with Crippen LogP contribution in [0.25, 0.3) is 0 Å². The van der Waals surface area contributed by atoms with E-state index in [2.05, 4.69) is 5.32 Å². The highest BCUT2D eigenvalue weighted by atomic mass is 35.5. The highest BCUT2D eigenvalue weighted by Crippen LogP contribution is 2.25. The molecule has 0 spiro atoms. The Morgan fingerprint density at radius 1 is 1.00 bits per heavy atom. The molecule has 160 valence electrons. The van der Waals surface area contributed by atoms with Gasteiger partial charge in [0.15, 0.2) is 0 Å². The van der Waals surface area contributed by atoms with Crippen molar-refractivity contribution in [3.05, 3.63) is 88.9 Å². The SMILES string of the molecule is CSc1ccccc1NC(=O)CN(C)C(=O)c1ccccc1OCc1ccc(Cl)cc1. The summed E-state index contributed by atoms with van der Waals surface area (Å²) in [4.78, 5) is 27.8. The first-order valence-electron chi connectivity index (χ1n) is 9.62. The molecule has 0 atom stereocenters. The number of para-hydroxylation sites is 2. The lowest BCUT2D eigenvalue weighted by Gasteiger charge is -2.19. The lowest BCUT2D eigenvalue weighted by atomic mass is 10.1. The topological polar surface area (TPSA) is 58.6 Å². The predicted octanol–water partition coefficient (Wildman–Crippen LogP) is 5.35. The van der Waals surface area contributed by atoms with Crippen LogP contribution in [-0.2, 0) is 11.4 Å². The van der Waals surface area contributed by atoms with Gasteiger partial charge in [0.25, 0.3) is 5.91 Å². The number of halogens is 1. The van der Waals surface area contributed by atoms with Crippen molar-refractivity contribution in [2.45, 2.75) is 11.5 Å². The maximum absolute atomic E-state index is 13.0. The van der Waals surface area contributed by atoms with Crippen LogP contribution in [0.5, 0.6) is 5.75 Å². The standard InChI is InChI=1S/C24H23ClN2O3S/c1-27(15-23(28)26-20-8-4-6-10-22(20)31-2)24(29)19-7-3-5-9-21(19)30-16-17-11-13-18(25)14-12-17/h3-14H,15-16H2,1-2H3,(H,26,28). The Balaban J connectivity index is 1.65. The molecule has 0 saturated heterocycles. The Morgan fingerprint density at radius 3 is 2.42 bits per heavy atom. The largest absolute Gasteiger partial charge is 0.488 e. The monoisotopic (exact) mass is 454 g/mol. The lowest BCUT2D eigenvalue weighted by Crippen LogP contribution is -2.35. The fraction of sp³-hybridized carbons (Fsp3) is 0.167. The molecule has 3 rings (SSSR count). The smallest absolute Gasteiger partial charge is 0.257 e. The Morgan fingerprint density at radius 2 is 1.68 bits per heavy atom. The molecule has 0 radical (unpaired) electrons. The molecule has 0 heterocycles. The Labute approximate surface area is 191 Å². The second-order valence-corrected chi connectivity index (χ2v) is 8.11. The molecule has 0 saturated carbocycles. The number of amides is 2. The van der Waals surface area contributed by atoms with Gasteiger partial charge in [0.05, 0.1) is 17.8 Å². The molecule has 7 heteroatoms. The summed E-state index contributed by atoms with van der Waals surface area (Å²) < 4.78 is 5.87. The van der Waals surface area contributed by atoms with Gasteiger partial charge in [0.1, 0.15) is 12.4 Å². The van der Waals surface area contributed by atoms with Gasteiger partial charge in [0, 0.05) is 17.0 Å². The summed E-state index contributed by atoms with van der Waals surface area (Å²) in [7, 11) is 1.60. The average molecular weight is 455 g/mol. The molecule has 0 unspecified atom stereocenters. The molecule has 0 aliphatic rings. The quantitative estimate of drug-likeness (QED) is 0.466. The second kappa shape index (κ2) is 10.9. The molecule has 31 heavy (non-hydrogen) atoms. The number of thioether (sulfide) groups is 1. The van der Waals surface area contributed by atoms with Crippen LogP contribution in [0.4, 0.5) is 5.69 Å². The number of nitrogens with one attached hydrogen (secondary N) is 1. The van der Waals surface area contributed by atoms with Crippen LogP contribution in [0.1, 0.15) is 15.9 Å². The van der Waals surface area contributed by atoms with Gasteiger partial charge in [-0.1, -0.05) is 48.0 Å². The Hall–Kier alpha value is -2.96. The van der Waals surface area contributed by atoms with Gasteiger partial charge in [-0.05, 0) is 48.2 Å². The summed E-state index contributed by atoms with van der Waals surface area (Å²) in [5, 5.41) is 3.52. The van der Waals surface area contributed by atoms with Crippen molar-refractivity contribution in [2.75, 3.05) is 25.2 Å². The van der Waals surface area contributed by atoms with Gasteiger partial charge in [-0.15, -0.1) is 11.8 Å². The molecule has 1 N–H and O–H groups in total. The summed E-state index contributed by atoms with van der Waals surface area (Å²) in [5.74, 6) is -0.0978. The minimum absolute atomic E-state index is 0.0763. The van der Waals surface area contributed by atoms with Gasteiger partial charge < -0.3 is 15.0 Å². The van der Waals surface area contributed by atoms with E-state index in [-0.39, 0.29) is 18.4 Å². The van der Waals surface area contributed by atoms with Crippen LogP contribution in [-0.4, -0.2) is 36.6 Å². The number of carbonyl (C=O) groups is 2. The van der Waals surface area contributed by atoms with E-state index in [4.69, 9.17) is 16.3 Å². The summed E-state index contributed by atoms with van der Waals surface area (Å²) in [6, 6.07) is 21.9. The van der Waals surface area contributed by atoms with Crippen molar-refractivity contribution in [3.8, 4) is 5.75 Å². The van der Waals surface area contributed by atoms with E-state index in [1.807, 2.05) is 42.7 Å². The van der Waals surface area contributed by atoms with Gasteiger partial charge in [0.2, 0.25) is 5.91 Å². The minimum Gasteiger partial charge on any atom is -0.488 e. The van der Waals surface area contributed by atoms with Crippen molar-refractivity contribution >= 4 is 40.9 Å². The number of carbonyl (C=O) groups excluding carboxylic acids is 2. The third-order valence-electron chi connectivity index (χ3n) is 4.53. The summed E-state index contributed by atoms with van der Waals surface area (Å²) in [6.45, 7) is 0.226. The van der Waals surface area contributed by atoms with Crippen molar-refractivity contribution in [2.24, 2.45) is 0 Å². The lowest BCUT2D eigenvalue weighted by molar-refractivity contribution is -0.116. The molecule has 0 fully saturated rings. The Bertz CT molecular complexity index is 1060.